The second kappa shape index (κ2) is 7.34. The first-order valence-corrected chi connectivity index (χ1v) is 11.3. The monoisotopic (exact) mass is 435 g/mol. The molecule has 0 aliphatic carbocycles. The third-order valence-electron chi connectivity index (χ3n) is 6.88. The van der Waals surface area contributed by atoms with Crippen molar-refractivity contribution in [1.82, 2.24) is 4.98 Å². The fourth-order valence-electron chi connectivity index (χ4n) is 5.11. The largest absolute Gasteiger partial charge is 0.492 e. The molecule has 3 heterocycles. The molecule has 0 radical (unpaired) electrons. The number of rotatable bonds is 4. The van der Waals surface area contributed by atoms with Gasteiger partial charge < -0.3 is 14.4 Å². The Labute approximate surface area is 193 Å². The van der Waals surface area contributed by atoms with E-state index in [1.54, 1.807) is 6.20 Å². The van der Waals surface area contributed by atoms with Gasteiger partial charge in [-0.2, -0.15) is 0 Å². The molecule has 164 valence electrons. The van der Waals surface area contributed by atoms with Crippen LogP contribution >= 0.6 is 0 Å². The van der Waals surface area contributed by atoms with E-state index in [2.05, 4.69) is 54.1 Å². The molecule has 5 nitrogen and oxygen atoms in total. The van der Waals surface area contributed by atoms with Crippen molar-refractivity contribution in [3.8, 4) is 11.5 Å². The van der Waals surface area contributed by atoms with Gasteiger partial charge in [-0.1, -0.05) is 42.5 Å². The van der Waals surface area contributed by atoms with Crippen molar-refractivity contribution >= 4 is 28.4 Å². The minimum absolute atomic E-state index is 0.332. The quantitative estimate of drug-likeness (QED) is 0.400. The number of hydrogen-bond acceptors (Lipinski definition) is 5. The molecule has 6 rings (SSSR count). The molecule has 0 bridgehead atoms. The van der Waals surface area contributed by atoms with E-state index in [4.69, 9.17) is 14.5 Å². The molecule has 5 heteroatoms. The summed E-state index contributed by atoms with van der Waals surface area (Å²) in [4.78, 5) is 11.6. The normalized spacial score (nSPS) is 19.9. The van der Waals surface area contributed by atoms with E-state index in [9.17, 15) is 0 Å². The number of aliphatic imine (C=N–C) groups is 1. The van der Waals surface area contributed by atoms with Crippen LogP contribution in [0.25, 0.3) is 10.8 Å². The van der Waals surface area contributed by atoms with Gasteiger partial charge in [-0.05, 0) is 55.1 Å². The number of hydrogen-bond donors (Lipinski definition) is 0. The molecular formula is C28H25N3O2. The van der Waals surface area contributed by atoms with Gasteiger partial charge >= 0.3 is 0 Å². The van der Waals surface area contributed by atoms with Crippen molar-refractivity contribution < 1.29 is 9.47 Å². The van der Waals surface area contributed by atoms with Gasteiger partial charge in [0.15, 0.2) is 0 Å². The Balaban J connectivity index is 1.41. The first-order chi connectivity index (χ1) is 16.1. The number of ether oxygens (including phenoxy) is 2. The van der Waals surface area contributed by atoms with Gasteiger partial charge in [0.05, 0.1) is 18.2 Å². The third kappa shape index (κ3) is 2.92. The summed E-state index contributed by atoms with van der Waals surface area (Å²) in [6, 6.07) is 24.5. The molecule has 4 aromatic rings. The Bertz CT molecular complexity index is 1370. The zero-order chi connectivity index (χ0) is 22.5. The molecule has 2 aliphatic rings. The number of para-hydroxylation sites is 2. The van der Waals surface area contributed by atoms with Crippen LogP contribution in [-0.4, -0.2) is 30.1 Å². The predicted molar refractivity (Wildman–Crippen MR) is 132 cm³/mol. The molecule has 0 amide bonds. The van der Waals surface area contributed by atoms with Gasteiger partial charge in [0.25, 0.3) is 0 Å². The summed E-state index contributed by atoms with van der Waals surface area (Å²) in [5, 5.41) is 2.09. The SMILES string of the molecule is CC1(C)c2ccccc2N(CCOc2ccccc2)C12C=Nc1c(ccc3ccncc13)O2. The molecule has 2 aliphatic heterocycles. The van der Waals surface area contributed by atoms with Crippen LogP contribution in [0, 0.1) is 0 Å². The average Bonchev–Trinajstić information content (AvgIpc) is 3.03. The molecule has 0 saturated carbocycles. The van der Waals surface area contributed by atoms with E-state index >= 15 is 0 Å². The Morgan fingerprint density at radius 2 is 1.76 bits per heavy atom. The Morgan fingerprint density at radius 3 is 2.64 bits per heavy atom. The Morgan fingerprint density at radius 1 is 0.939 bits per heavy atom. The number of benzene rings is 3. The van der Waals surface area contributed by atoms with E-state index in [-0.39, 0.29) is 5.41 Å². The lowest BCUT2D eigenvalue weighted by Crippen LogP contribution is -2.62. The maximum absolute atomic E-state index is 6.89. The number of fused-ring (bicyclic) bond motifs is 4. The van der Waals surface area contributed by atoms with Crippen LogP contribution in [-0.2, 0) is 5.41 Å². The van der Waals surface area contributed by atoms with Gasteiger partial charge in [0.2, 0.25) is 5.72 Å². The topological polar surface area (TPSA) is 47.0 Å². The zero-order valence-corrected chi connectivity index (χ0v) is 18.7. The molecule has 0 N–H and O–H groups in total. The van der Waals surface area contributed by atoms with Crippen LogP contribution in [0.15, 0.2) is 90.2 Å². The number of nitrogens with zero attached hydrogens (tertiary/aromatic N) is 3. The Hall–Kier alpha value is -3.86. The second-order valence-electron chi connectivity index (χ2n) is 9.02. The molecule has 33 heavy (non-hydrogen) atoms. The van der Waals surface area contributed by atoms with Crippen molar-refractivity contribution in [3.05, 3.63) is 90.8 Å². The van der Waals surface area contributed by atoms with E-state index in [1.165, 1.54) is 5.56 Å². The van der Waals surface area contributed by atoms with Crippen LogP contribution in [0.2, 0.25) is 0 Å². The minimum atomic E-state index is -0.764. The van der Waals surface area contributed by atoms with Crippen molar-refractivity contribution in [2.45, 2.75) is 25.0 Å². The van der Waals surface area contributed by atoms with E-state index in [0.29, 0.717) is 13.2 Å². The minimum Gasteiger partial charge on any atom is -0.492 e. The van der Waals surface area contributed by atoms with Crippen LogP contribution < -0.4 is 14.4 Å². The highest BCUT2D eigenvalue weighted by molar-refractivity contribution is 5.99. The predicted octanol–water partition coefficient (Wildman–Crippen LogP) is 5.90. The lowest BCUT2D eigenvalue weighted by Gasteiger charge is -2.46. The molecule has 1 spiro atoms. The highest BCUT2D eigenvalue weighted by Gasteiger charge is 2.59. The van der Waals surface area contributed by atoms with Gasteiger partial charge in [-0.3, -0.25) is 9.98 Å². The van der Waals surface area contributed by atoms with Crippen molar-refractivity contribution in [2.24, 2.45) is 4.99 Å². The van der Waals surface area contributed by atoms with Crippen LogP contribution in [0.4, 0.5) is 11.4 Å². The molecule has 0 saturated heterocycles. The molecule has 1 atom stereocenters. The van der Waals surface area contributed by atoms with E-state index in [0.717, 1.165) is 33.6 Å². The highest BCUT2D eigenvalue weighted by Crippen LogP contribution is 2.54. The van der Waals surface area contributed by atoms with Gasteiger partial charge in [0.1, 0.15) is 23.8 Å². The standard InChI is InChI=1S/C28H25N3O2/c1-27(2)23-10-6-7-11-24(23)31(16-17-32-21-8-4-3-5-9-21)28(27)19-30-26-22-18-29-15-14-20(22)12-13-25(26)33-28/h3-15,18-19H,16-17H2,1-2H3. The third-order valence-corrected chi connectivity index (χ3v) is 6.88. The van der Waals surface area contributed by atoms with Crippen LogP contribution in [0.3, 0.4) is 0 Å². The number of pyridine rings is 1. The summed E-state index contributed by atoms with van der Waals surface area (Å²) in [5.41, 5.74) is 2.12. The highest BCUT2D eigenvalue weighted by atomic mass is 16.5. The fourth-order valence-corrected chi connectivity index (χ4v) is 5.11. The molecule has 1 aromatic heterocycles. The molecule has 0 fully saturated rings. The van der Waals surface area contributed by atoms with E-state index in [1.807, 2.05) is 54.9 Å². The number of aromatic nitrogens is 1. The zero-order valence-electron chi connectivity index (χ0n) is 18.7. The van der Waals surface area contributed by atoms with Crippen molar-refractivity contribution in [2.75, 3.05) is 18.1 Å². The second-order valence-corrected chi connectivity index (χ2v) is 9.02. The molecular weight excluding hydrogens is 410 g/mol. The average molecular weight is 436 g/mol. The summed E-state index contributed by atoms with van der Waals surface area (Å²) in [6.45, 7) is 5.64. The maximum atomic E-state index is 6.89. The van der Waals surface area contributed by atoms with E-state index < -0.39 is 5.72 Å². The van der Waals surface area contributed by atoms with Gasteiger partial charge in [-0.25, -0.2) is 0 Å². The smallest absolute Gasteiger partial charge is 0.229 e. The summed E-state index contributed by atoms with van der Waals surface area (Å²) in [6.07, 6.45) is 5.63. The summed E-state index contributed by atoms with van der Waals surface area (Å²) >= 11 is 0. The first kappa shape index (κ1) is 19.8. The lowest BCUT2D eigenvalue weighted by atomic mass is 9.77. The Kier molecular flexibility index (Phi) is 4.40. The molecule has 3 aromatic carbocycles. The number of anilines is 1. The van der Waals surface area contributed by atoms with Crippen LogP contribution in [0.5, 0.6) is 11.5 Å². The lowest BCUT2D eigenvalue weighted by molar-refractivity contribution is 0.0750. The summed E-state index contributed by atoms with van der Waals surface area (Å²) in [7, 11) is 0. The van der Waals surface area contributed by atoms with Crippen molar-refractivity contribution in [3.63, 3.8) is 0 Å². The van der Waals surface area contributed by atoms with Gasteiger partial charge in [0, 0.05) is 23.5 Å². The molecule has 1 unspecified atom stereocenters. The summed E-state index contributed by atoms with van der Waals surface area (Å²) < 4.78 is 13.0. The fraction of sp³-hybridized carbons (Fsp3) is 0.214. The summed E-state index contributed by atoms with van der Waals surface area (Å²) in [5.74, 6) is 1.63. The van der Waals surface area contributed by atoms with Crippen molar-refractivity contribution in [1.29, 1.82) is 0 Å². The first-order valence-electron chi connectivity index (χ1n) is 11.3. The van der Waals surface area contributed by atoms with Crippen LogP contribution in [0.1, 0.15) is 19.4 Å². The van der Waals surface area contributed by atoms with Gasteiger partial charge in [-0.15, -0.1) is 0 Å². The maximum Gasteiger partial charge on any atom is 0.229 e.